The monoisotopic (exact) mass is 908 g/mol. The Labute approximate surface area is 381 Å². The summed E-state index contributed by atoms with van der Waals surface area (Å²) in [5, 5.41) is 28.6. The van der Waals surface area contributed by atoms with Gasteiger partial charge in [0.05, 0.1) is 31.2 Å². The van der Waals surface area contributed by atoms with Crippen molar-refractivity contribution in [3.63, 3.8) is 0 Å². The van der Waals surface area contributed by atoms with Gasteiger partial charge in [-0.2, -0.15) is 0 Å². The summed E-state index contributed by atoms with van der Waals surface area (Å²) in [5.41, 5.74) is 8.28. The van der Waals surface area contributed by atoms with Gasteiger partial charge in [-0.3, -0.25) is 33.7 Å². The number of phenols is 1. The minimum Gasteiger partial charge on any atom is -0.508 e. The number of carboxylic acids is 1. The molecule has 1 saturated heterocycles. The van der Waals surface area contributed by atoms with Crippen LogP contribution in [0.25, 0.3) is 0 Å². The Kier molecular flexibility index (Phi) is 20.5. The molecule has 0 spiro atoms. The number of hydrogen-bond donors (Lipinski definition) is 5. The zero-order valence-electron chi connectivity index (χ0n) is 38.3. The Morgan fingerprint density at radius 1 is 0.969 bits per heavy atom. The zero-order valence-corrected chi connectivity index (χ0v) is 39.1. The number of carbonyl (C=O) groups excluding carboxylic acids is 4. The number of aromatic nitrogens is 1. The van der Waals surface area contributed by atoms with Gasteiger partial charge in [-0.15, -0.1) is 11.3 Å². The number of hydrogen-bond acceptors (Lipinski definition) is 13. The van der Waals surface area contributed by atoms with E-state index in [0.717, 1.165) is 41.9 Å². The lowest BCUT2D eigenvalue weighted by Crippen LogP contribution is -2.58. The summed E-state index contributed by atoms with van der Waals surface area (Å²) in [7, 11) is 1.92. The standard InChI is InChI=1S/C47H68N6O10S/c1-8-30(4)42(51-44(57)39-12-9-10-21-52(39)7)46(58)53(62-23-11-22-61-27-34-13-17-35(48)18-14-34)40(29(2)3)26-41(63-32(6)54)45-50-38(28-64-45)43(56)49-36(24-31(5)47(59)60)25-33-15-19-37(55)20-16-33/h13-20,28-31,36,39-42,55H,8-12,21-27,48H2,1-7H3,(H,49,56)(H,51,57)(H,59,60)/t30-,31-,36+,39+,40+,41+,42-/m0/s1. The first-order valence-electron chi connectivity index (χ1n) is 22.3. The Balaban J connectivity index is 1.59. The van der Waals surface area contributed by atoms with Crippen LogP contribution in [0.15, 0.2) is 53.9 Å². The number of carboxylic acid groups (broad SMARTS) is 1. The number of nitrogens with one attached hydrogen (secondary N) is 2. The molecule has 0 aliphatic carbocycles. The van der Waals surface area contributed by atoms with Gasteiger partial charge in [0.15, 0.2) is 6.10 Å². The number of rotatable bonds is 25. The maximum Gasteiger partial charge on any atom is 0.306 e. The minimum absolute atomic E-state index is 0.0484. The number of likely N-dealkylation sites (N-methyl/N-ethyl adjacent to an activating group) is 1. The van der Waals surface area contributed by atoms with E-state index >= 15 is 0 Å². The molecule has 1 aliphatic rings. The number of aliphatic carboxylic acids is 1. The second-order valence-electron chi connectivity index (χ2n) is 17.2. The van der Waals surface area contributed by atoms with Crippen molar-refractivity contribution in [3.05, 3.63) is 75.7 Å². The second-order valence-corrected chi connectivity index (χ2v) is 18.1. The fourth-order valence-electron chi connectivity index (χ4n) is 7.62. The van der Waals surface area contributed by atoms with Crippen LogP contribution in [0, 0.1) is 17.8 Å². The number of piperidine rings is 1. The minimum atomic E-state index is -1.00. The summed E-state index contributed by atoms with van der Waals surface area (Å²) in [4.78, 5) is 80.0. The third-order valence-electron chi connectivity index (χ3n) is 11.7. The summed E-state index contributed by atoms with van der Waals surface area (Å²) in [6.45, 7) is 12.2. The number of phenolic OH excluding ortho intramolecular Hbond substituents is 1. The third-order valence-corrected chi connectivity index (χ3v) is 12.6. The molecule has 0 saturated carbocycles. The van der Waals surface area contributed by atoms with Gasteiger partial charge in [0.2, 0.25) is 5.91 Å². The number of amides is 3. The Hall–Kier alpha value is -5.10. The highest BCUT2D eigenvalue weighted by molar-refractivity contribution is 7.09. The molecule has 3 amide bonds. The van der Waals surface area contributed by atoms with Gasteiger partial charge in [0.1, 0.15) is 22.5 Å². The Bertz CT molecular complexity index is 1960. The molecule has 17 heteroatoms. The van der Waals surface area contributed by atoms with E-state index in [1.54, 1.807) is 24.4 Å². The van der Waals surface area contributed by atoms with E-state index in [-0.39, 0.29) is 54.7 Å². The topological polar surface area (TPSA) is 223 Å². The first-order valence-corrected chi connectivity index (χ1v) is 23.2. The Morgan fingerprint density at radius 2 is 1.66 bits per heavy atom. The number of benzene rings is 2. The van der Waals surface area contributed by atoms with Gasteiger partial charge < -0.3 is 36.1 Å². The lowest BCUT2D eigenvalue weighted by Gasteiger charge is -2.39. The third kappa shape index (κ3) is 15.9. The van der Waals surface area contributed by atoms with Crippen LogP contribution in [0.4, 0.5) is 5.69 Å². The normalized spacial score (nSPS) is 17.1. The predicted octanol–water partition coefficient (Wildman–Crippen LogP) is 6.28. The number of esters is 1. The largest absolute Gasteiger partial charge is 0.508 e. The number of nitrogens with two attached hydrogens (primary N) is 1. The van der Waals surface area contributed by atoms with Gasteiger partial charge in [0, 0.05) is 37.1 Å². The maximum atomic E-state index is 14.9. The maximum absolute atomic E-state index is 14.9. The lowest BCUT2D eigenvalue weighted by atomic mass is 9.93. The van der Waals surface area contributed by atoms with Crippen LogP contribution in [0.5, 0.6) is 5.75 Å². The van der Waals surface area contributed by atoms with Gasteiger partial charge in [0.25, 0.3) is 11.8 Å². The number of nitrogen functional groups attached to an aromatic ring is 1. The van der Waals surface area contributed by atoms with Crippen molar-refractivity contribution in [1.82, 2.24) is 25.6 Å². The molecule has 64 heavy (non-hydrogen) atoms. The van der Waals surface area contributed by atoms with E-state index in [1.165, 1.54) is 24.1 Å². The first kappa shape index (κ1) is 51.5. The summed E-state index contributed by atoms with van der Waals surface area (Å²) in [5.74, 6) is -3.96. The van der Waals surface area contributed by atoms with Gasteiger partial charge in [-0.1, -0.05) is 71.7 Å². The molecule has 2 heterocycles. The molecule has 7 atom stereocenters. The molecular weight excluding hydrogens is 841 g/mol. The van der Waals surface area contributed by atoms with Crippen LogP contribution < -0.4 is 16.4 Å². The fourth-order valence-corrected chi connectivity index (χ4v) is 8.46. The average molecular weight is 909 g/mol. The van der Waals surface area contributed by atoms with E-state index in [0.29, 0.717) is 49.6 Å². The van der Waals surface area contributed by atoms with Crippen molar-refractivity contribution in [1.29, 1.82) is 0 Å². The molecule has 1 fully saturated rings. The van der Waals surface area contributed by atoms with Crippen molar-refractivity contribution in [2.75, 3.05) is 32.5 Å². The fraction of sp³-hybridized carbons (Fsp3) is 0.574. The number of carbonyl (C=O) groups is 5. The van der Waals surface area contributed by atoms with Gasteiger partial charge in [-0.05, 0) is 92.9 Å². The van der Waals surface area contributed by atoms with E-state index in [2.05, 4.69) is 15.6 Å². The predicted molar refractivity (Wildman–Crippen MR) is 244 cm³/mol. The second kappa shape index (κ2) is 25.4. The van der Waals surface area contributed by atoms with Crippen LogP contribution in [-0.2, 0) is 46.5 Å². The van der Waals surface area contributed by atoms with Crippen molar-refractivity contribution in [3.8, 4) is 5.75 Å². The SMILES string of the molecule is CC[C@H](C)[C@H](NC(=O)[C@H]1CCCCN1C)C(=O)N(OCCCOCc1ccc(N)cc1)[C@H](C[C@@H](OC(C)=O)c1nc(C(=O)N[C@@H](Cc2ccc(O)cc2)C[C@H](C)C(=O)O)cs1)C(C)C. The molecule has 1 aliphatic heterocycles. The van der Waals surface area contributed by atoms with E-state index < -0.39 is 53.9 Å². The highest BCUT2D eigenvalue weighted by Gasteiger charge is 2.40. The van der Waals surface area contributed by atoms with Crippen LogP contribution in [0.3, 0.4) is 0 Å². The Morgan fingerprint density at radius 3 is 2.28 bits per heavy atom. The van der Waals surface area contributed by atoms with Crippen LogP contribution in [-0.4, -0.2) is 106 Å². The van der Waals surface area contributed by atoms with E-state index in [4.69, 9.17) is 20.0 Å². The van der Waals surface area contributed by atoms with Crippen molar-refractivity contribution < 1.29 is 48.5 Å². The van der Waals surface area contributed by atoms with Crippen molar-refractivity contribution in [2.24, 2.45) is 17.8 Å². The zero-order chi connectivity index (χ0) is 46.9. The number of ether oxygens (including phenoxy) is 2. The molecule has 3 aromatic rings. The molecule has 6 N–H and O–H groups in total. The molecule has 0 unspecified atom stereocenters. The van der Waals surface area contributed by atoms with E-state index in [1.807, 2.05) is 63.9 Å². The molecule has 0 radical (unpaired) electrons. The van der Waals surface area contributed by atoms with E-state index in [9.17, 15) is 34.2 Å². The number of nitrogens with zero attached hydrogens (tertiary/aromatic N) is 3. The van der Waals surface area contributed by atoms with Crippen LogP contribution >= 0.6 is 11.3 Å². The summed E-state index contributed by atoms with van der Waals surface area (Å²) >= 11 is 1.12. The highest BCUT2D eigenvalue weighted by Crippen LogP contribution is 2.32. The van der Waals surface area contributed by atoms with Gasteiger partial charge in [-0.25, -0.2) is 10.0 Å². The number of likely N-dealkylation sites (tertiary alicyclic amines) is 1. The summed E-state index contributed by atoms with van der Waals surface area (Å²) < 4.78 is 11.8. The lowest BCUT2D eigenvalue weighted by molar-refractivity contribution is -0.214. The summed E-state index contributed by atoms with van der Waals surface area (Å²) in [6.07, 6.45) is 3.14. The van der Waals surface area contributed by atoms with Crippen LogP contribution in [0.2, 0.25) is 0 Å². The van der Waals surface area contributed by atoms with Crippen molar-refractivity contribution in [2.45, 2.75) is 130 Å². The number of anilines is 1. The molecule has 0 bridgehead atoms. The molecule has 2 aromatic carbocycles. The van der Waals surface area contributed by atoms with Crippen molar-refractivity contribution >= 4 is 46.7 Å². The number of thiazole rings is 1. The molecule has 352 valence electrons. The molecule has 1 aromatic heterocycles. The molecule has 4 rings (SSSR count). The van der Waals surface area contributed by atoms with Gasteiger partial charge >= 0.3 is 11.9 Å². The number of hydroxylamine groups is 2. The average Bonchev–Trinajstić information content (AvgIpc) is 3.76. The summed E-state index contributed by atoms with van der Waals surface area (Å²) in [6, 6.07) is 11.3. The molecular formula is C47H68N6O10S. The molecule has 16 nitrogen and oxygen atoms in total. The van der Waals surface area contributed by atoms with Crippen LogP contribution in [0.1, 0.15) is 119 Å². The first-order chi connectivity index (χ1) is 30.5. The highest BCUT2D eigenvalue weighted by atomic mass is 32.1. The number of aromatic hydroxyl groups is 1. The smallest absolute Gasteiger partial charge is 0.306 e. The quantitative estimate of drug-likeness (QED) is 0.0274.